The molecule has 78 valence electrons. The maximum atomic E-state index is 5.95. The van der Waals surface area contributed by atoms with Gasteiger partial charge >= 0.3 is 0 Å². The van der Waals surface area contributed by atoms with Gasteiger partial charge in [0.15, 0.2) is 0 Å². The summed E-state index contributed by atoms with van der Waals surface area (Å²) in [6, 6.07) is 8.62. The lowest BCUT2D eigenvalue weighted by Crippen LogP contribution is -1.87. The first kappa shape index (κ1) is 11.0. The molecule has 0 nitrogen and oxygen atoms in total. The average molecular weight is 284 g/mol. The quantitative estimate of drug-likeness (QED) is 0.649. The molecule has 15 heavy (non-hydrogen) atoms. The second-order valence-corrected chi connectivity index (χ2v) is 4.91. The Labute approximate surface area is 103 Å². The van der Waals surface area contributed by atoms with E-state index < -0.39 is 0 Å². The lowest BCUT2D eigenvalue weighted by atomic mass is 10.0. The summed E-state index contributed by atoms with van der Waals surface area (Å²) >= 11 is 9.59. The standard InChI is InChI=1S/C13H12BrCl/c1-8-5-10(7-15)11-4-3-9(2)13(14)12(11)6-8/h3-6H,7H2,1-2H3. The topological polar surface area (TPSA) is 0 Å². The van der Waals surface area contributed by atoms with Crippen molar-refractivity contribution >= 4 is 38.3 Å². The Morgan fingerprint density at radius 1 is 1.13 bits per heavy atom. The molecule has 0 saturated carbocycles. The molecule has 0 saturated heterocycles. The van der Waals surface area contributed by atoms with E-state index in [1.807, 2.05) is 0 Å². The molecule has 0 aromatic heterocycles. The number of benzene rings is 2. The van der Waals surface area contributed by atoms with Crippen LogP contribution in [0.4, 0.5) is 0 Å². The van der Waals surface area contributed by atoms with E-state index in [2.05, 4.69) is 54.0 Å². The van der Waals surface area contributed by atoms with Crippen molar-refractivity contribution in [3.63, 3.8) is 0 Å². The molecule has 0 unspecified atom stereocenters. The lowest BCUT2D eigenvalue weighted by Gasteiger charge is -2.09. The van der Waals surface area contributed by atoms with E-state index in [0.717, 1.165) is 0 Å². The van der Waals surface area contributed by atoms with E-state index in [4.69, 9.17) is 11.6 Å². The lowest BCUT2D eigenvalue weighted by molar-refractivity contribution is 1.37. The van der Waals surface area contributed by atoms with Crippen molar-refractivity contribution in [1.29, 1.82) is 0 Å². The molecular formula is C13H12BrCl. The number of hydrogen-bond acceptors (Lipinski definition) is 0. The van der Waals surface area contributed by atoms with Gasteiger partial charge in [-0.2, -0.15) is 0 Å². The predicted molar refractivity (Wildman–Crippen MR) is 70.7 cm³/mol. The van der Waals surface area contributed by atoms with Gasteiger partial charge in [0.1, 0.15) is 0 Å². The number of fused-ring (bicyclic) bond motifs is 1. The van der Waals surface area contributed by atoms with Gasteiger partial charge in [0, 0.05) is 10.4 Å². The Kier molecular flexibility index (Phi) is 3.03. The molecule has 2 aromatic carbocycles. The van der Waals surface area contributed by atoms with Crippen LogP contribution in [0, 0.1) is 13.8 Å². The van der Waals surface area contributed by atoms with E-state index in [9.17, 15) is 0 Å². The first-order chi connectivity index (χ1) is 7.13. The van der Waals surface area contributed by atoms with E-state index in [0.29, 0.717) is 5.88 Å². The zero-order valence-electron chi connectivity index (χ0n) is 8.77. The van der Waals surface area contributed by atoms with Crippen LogP contribution in [0.2, 0.25) is 0 Å². The van der Waals surface area contributed by atoms with Gasteiger partial charge in [0.05, 0.1) is 0 Å². The fourth-order valence-corrected chi connectivity index (χ4v) is 2.54. The van der Waals surface area contributed by atoms with Crippen LogP contribution in [0.1, 0.15) is 16.7 Å². The smallest absolute Gasteiger partial charge is 0.0480 e. The molecule has 0 atom stereocenters. The second-order valence-electron chi connectivity index (χ2n) is 3.85. The van der Waals surface area contributed by atoms with Crippen molar-refractivity contribution in [2.45, 2.75) is 19.7 Å². The molecule has 0 N–H and O–H groups in total. The van der Waals surface area contributed by atoms with Crippen molar-refractivity contribution in [2.24, 2.45) is 0 Å². The van der Waals surface area contributed by atoms with Crippen LogP contribution in [0.25, 0.3) is 10.8 Å². The van der Waals surface area contributed by atoms with Crippen LogP contribution < -0.4 is 0 Å². The highest BCUT2D eigenvalue weighted by Crippen LogP contribution is 2.31. The zero-order chi connectivity index (χ0) is 11.0. The molecule has 0 spiro atoms. The van der Waals surface area contributed by atoms with Crippen LogP contribution in [0.5, 0.6) is 0 Å². The Balaban J connectivity index is 2.89. The van der Waals surface area contributed by atoms with Gasteiger partial charge in [-0.15, -0.1) is 11.6 Å². The van der Waals surface area contributed by atoms with E-state index in [1.54, 1.807) is 0 Å². The van der Waals surface area contributed by atoms with Crippen molar-refractivity contribution in [3.8, 4) is 0 Å². The predicted octanol–water partition coefficient (Wildman–Crippen LogP) is 4.96. The van der Waals surface area contributed by atoms with Gasteiger partial charge in [-0.05, 0) is 51.7 Å². The summed E-state index contributed by atoms with van der Waals surface area (Å²) in [5.74, 6) is 0.563. The van der Waals surface area contributed by atoms with Crippen molar-refractivity contribution < 1.29 is 0 Å². The normalized spacial score (nSPS) is 10.9. The SMILES string of the molecule is Cc1cc(CCl)c2ccc(C)c(Br)c2c1. The first-order valence-corrected chi connectivity index (χ1v) is 6.20. The largest absolute Gasteiger partial charge is 0.122 e. The third-order valence-corrected chi connectivity index (χ3v) is 3.98. The highest BCUT2D eigenvalue weighted by atomic mass is 79.9. The van der Waals surface area contributed by atoms with Gasteiger partial charge in [-0.25, -0.2) is 0 Å². The Morgan fingerprint density at radius 2 is 1.87 bits per heavy atom. The number of halogens is 2. The summed E-state index contributed by atoms with van der Waals surface area (Å²) in [6.07, 6.45) is 0. The molecule has 2 heteroatoms. The summed E-state index contributed by atoms with van der Waals surface area (Å²) in [7, 11) is 0. The van der Waals surface area contributed by atoms with Crippen LogP contribution in [-0.2, 0) is 5.88 Å². The summed E-state index contributed by atoms with van der Waals surface area (Å²) < 4.78 is 1.18. The fourth-order valence-electron chi connectivity index (χ4n) is 1.86. The third-order valence-electron chi connectivity index (χ3n) is 2.64. The molecule has 0 fully saturated rings. The Bertz CT molecular complexity index is 517. The Morgan fingerprint density at radius 3 is 2.53 bits per heavy atom. The fraction of sp³-hybridized carbons (Fsp3) is 0.231. The molecule has 0 bridgehead atoms. The molecule has 0 radical (unpaired) electrons. The average Bonchev–Trinajstić information content (AvgIpc) is 2.23. The number of rotatable bonds is 1. The number of aryl methyl sites for hydroxylation is 2. The molecule has 2 rings (SSSR count). The second kappa shape index (κ2) is 4.15. The van der Waals surface area contributed by atoms with Gasteiger partial charge in [-0.3, -0.25) is 0 Å². The van der Waals surface area contributed by atoms with Crippen molar-refractivity contribution in [2.75, 3.05) is 0 Å². The van der Waals surface area contributed by atoms with Crippen LogP contribution in [0.3, 0.4) is 0 Å². The Hall–Kier alpha value is -0.530. The minimum atomic E-state index is 0.563. The van der Waals surface area contributed by atoms with E-state index >= 15 is 0 Å². The van der Waals surface area contributed by atoms with Crippen molar-refractivity contribution in [1.82, 2.24) is 0 Å². The van der Waals surface area contributed by atoms with Crippen molar-refractivity contribution in [3.05, 3.63) is 45.4 Å². The molecule has 0 heterocycles. The summed E-state index contributed by atoms with van der Waals surface area (Å²) in [5.41, 5.74) is 3.71. The molecule has 0 aliphatic carbocycles. The maximum Gasteiger partial charge on any atom is 0.0480 e. The molecule has 0 amide bonds. The minimum Gasteiger partial charge on any atom is -0.122 e. The van der Waals surface area contributed by atoms with Crippen LogP contribution in [0.15, 0.2) is 28.7 Å². The van der Waals surface area contributed by atoms with Gasteiger partial charge in [0.25, 0.3) is 0 Å². The summed E-state index contributed by atoms with van der Waals surface area (Å²) in [4.78, 5) is 0. The summed E-state index contributed by atoms with van der Waals surface area (Å²) in [6.45, 7) is 4.20. The molecule has 0 aliphatic rings. The zero-order valence-corrected chi connectivity index (χ0v) is 11.1. The van der Waals surface area contributed by atoms with Crippen LogP contribution >= 0.6 is 27.5 Å². The summed E-state index contributed by atoms with van der Waals surface area (Å²) in [5, 5.41) is 2.50. The number of alkyl halides is 1. The molecule has 2 aromatic rings. The van der Waals surface area contributed by atoms with Gasteiger partial charge in [0.2, 0.25) is 0 Å². The maximum absolute atomic E-state index is 5.95. The third kappa shape index (κ3) is 1.91. The van der Waals surface area contributed by atoms with Gasteiger partial charge in [-0.1, -0.05) is 29.8 Å². The molecule has 0 aliphatic heterocycles. The highest BCUT2D eigenvalue weighted by molar-refractivity contribution is 9.10. The first-order valence-electron chi connectivity index (χ1n) is 4.88. The van der Waals surface area contributed by atoms with E-state index in [-0.39, 0.29) is 0 Å². The van der Waals surface area contributed by atoms with Crippen LogP contribution in [-0.4, -0.2) is 0 Å². The highest BCUT2D eigenvalue weighted by Gasteiger charge is 2.06. The van der Waals surface area contributed by atoms with Gasteiger partial charge < -0.3 is 0 Å². The monoisotopic (exact) mass is 282 g/mol. The van der Waals surface area contributed by atoms with E-state index in [1.165, 1.54) is 31.9 Å². The number of hydrogen-bond donors (Lipinski definition) is 0. The molecular weight excluding hydrogens is 272 g/mol. The minimum absolute atomic E-state index is 0.563.